The van der Waals surface area contributed by atoms with Crippen LogP contribution in [0.2, 0.25) is 0 Å². The smallest absolute Gasteiger partial charge is 0.0713 e. The number of aryl methyl sites for hydroxylation is 1. The number of anilines is 3. The van der Waals surface area contributed by atoms with Gasteiger partial charge in [-0.3, -0.25) is 0 Å². The highest BCUT2D eigenvalue weighted by atomic mass is 15.1. The summed E-state index contributed by atoms with van der Waals surface area (Å²) in [5.74, 6) is 0. The molecule has 0 bridgehead atoms. The predicted octanol–water partition coefficient (Wildman–Crippen LogP) is 14.2. The van der Waals surface area contributed by atoms with E-state index in [1.807, 2.05) is 0 Å². The van der Waals surface area contributed by atoms with Crippen LogP contribution in [0.3, 0.4) is 0 Å². The number of nitrogens with zero attached hydrogens (tertiary/aromatic N) is 1. The molecule has 0 atom stereocenters. The molecule has 1 aliphatic rings. The van der Waals surface area contributed by atoms with Crippen LogP contribution in [0.1, 0.15) is 50.1 Å². The second-order valence-corrected chi connectivity index (χ2v) is 15.3. The molecule has 0 aliphatic heterocycles. The zero-order chi connectivity index (χ0) is 38.9. The van der Waals surface area contributed by atoms with Crippen LogP contribution in [-0.2, 0) is 10.8 Å². The number of benzene rings is 9. The van der Waals surface area contributed by atoms with Crippen LogP contribution < -0.4 is 4.90 Å². The van der Waals surface area contributed by atoms with Gasteiger partial charge in [-0.25, -0.2) is 0 Å². The lowest BCUT2D eigenvalue weighted by atomic mass is 9.63. The molecular formula is C57H43N. The van der Waals surface area contributed by atoms with Crippen molar-refractivity contribution < 1.29 is 0 Å². The molecule has 0 amide bonds. The van der Waals surface area contributed by atoms with E-state index in [1.165, 1.54) is 61.2 Å². The average Bonchev–Trinajstić information content (AvgIpc) is 3.60. The Hall–Kier alpha value is -7.22. The van der Waals surface area contributed by atoms with Gasteiger partial charge in [-0.1, -0.05) is 212 Å². The van der Waals surface area contributed by atoms with Gasteiger partial charge in [0.15, 0.2) is 0 Å². The molecule has 10 rings (SSSR count). The van der Waals surface area contributed by atoms with E-state index in [9.17, 15) is 0 Å². The van der Waals surface area contributed by atoms with Gasteiger partial charge >= 0.3 is 0 Å². The lowest BCUT2D eigenvalue weighted by molar-refractivity contribution is 0.729. The van der Waals surface area contributed by atoms with E-state index < -0.39 is 10.8 Å². The quantitative estimate of drug-likeness (QED) is 0.133. The van der Waals surface area contributed by atoms with Gasteiger partial charge in [0.05, 0.1) is 10.8 Å². The molecule has 9 aromatic rings. The second kappa shape index (κ2) is 14.7. The summed E-state index contributed by atoms with van der Waals surface area (Å²) in [5, 5.41) is 0. The third-order valence-corrected chi connectivity index (χ3v) is 12.2. The Morgan fingerprint density at radius 3 is 1.28 bits per heavy atom. The van der Waals surface area contributed by atoms with Crippen LogP contribution >= 0.6 is 0 Å². The van der Waals surface area contributed by atoms with E-state index in [-0.39, 0.29) is 0 Å². The Balaban J connectivity index is 1.25. The van der Waals surface area contributed by atoms with Gasteiger partial charge in [-0.15, -0.1) is 0 Å². The first-order chi connectivity index (χ1) is 28.7. The number of fused-ring (bicyclic) bond motifs is 3. The summed E-state index contributed by atoms with van der Waals surface area (Å²) in [6.07, 6.45) is 0. The molecule has 0 N–H and O–H groups in total. The highest BCUT2D eigenvalue weighted by Gasteiger charge is 2.48. The summed E-state index contributed by atoms with van der Waals surface area (Å²) < 4.78 is 0. The fraction of sp³-hybridized carbons (Fsp3) is 0.0526. The van der Waals surface area contributed by atoms with Crippen molar-refractivity contribution in [1.29, 1.82) is 0 Å². The third kappa shape index (κ3) is 5.62. The molecule has 58 heavy (non-hydrogen) atoms. The normalized spacial score (nSPS) is 12.7. The molecule has 0 saturated carbocycles. The van der Waals surface area contributed by atoms with Crippen molar-refractivity contribution >= 4 is 17.1 Å². The highest BCUT2D eigenvalue weighted by Crippen LogP contribution is 2.58. The number of para-hydroxylation sites is 1. The maximum Gasteiger partial charge on any atom is 0.0713 e. The van der Waals surface area contributed by atoms with Crippen molar-refractivity contribution in [2.24, 2.45) is 0 Å². The second-order valence-electron chi connectivity index (χ2n) is 15.3. The Labute approximate surface area is 342 Å². The first kappa shape index (κ1) is 35.2. The summed E-state index contributed by atoms with van der Waals surface area (Å²) in [5.41, 5.74) is 16.0. The zero-order valence-corrected chi connectivity index (χ0v) is 32.5. The van der Waals surface area contributed by atoms with Crippen LogP contribution in [-0.4, -0.2) is 0 Å². The van der Waals surface area contributed by atoms with Crippen molar-refractivity contribution in [3.05, 3.63) is 293 Å². The highest BCUT2D eigenvalue weighted by molar-refractivity contribution is 5.87. The number of hydrogen-bond donors (Lipinski definition) is 0. The summed E-state index contributed by atoms with van der Waals surface area (Å²) in [6.45, 7) is 2.14. The summed E-state index contributed by atoms with van der Waals surface area (Å²) in [7, 11) is 0. The van der Waals surface area contributed by atoms with E-state index in [2.05, 4.69) is 254 Å². The fourth-order valence-corrected chi connectivity index (χ4v) is 9.63. The molecule has 0 saturated heterocycles. The minimum atomic E-state index is -0.647. The lowest BCUT2D eigenvalue weighted by Crippen LogP contribution is -2.33. The largest absolute Gasteiger partial charge is 0.311 e. The molecule has 1 heteroatoms. The van der Waals surface area contributed by atoms with Crippen LogP contribution in [0.25, 0.3) is 11.1 Å². The topological polar surface area (TPSA) is 3.24 Å². The van der Waals surface area contributed by atoms with Crippen LogP contribution in [0.4, 0.5) is 17.1 Å². The maximum absolute atomic E-state index is 2.53. The third-order valence-electron chi connectivity index (χ3n) is 12.2. The van der Waals surface area contributed by atoms with Crippen LogP contribution in [0.5, 0.6) is 0 Å². The molecule has 0 unspecified atom stereocenters. The van der Waals surface area contributed by atoms with Crippen molar-refractivity contribution in [2.45, 2.75) is 17.8 Å². The minimum Gasteiger partial charge on any atom is -0.311 e. The van der Waals surface area contributed by atoms with Crippen molar-refractivity contribution in [3.8, 4) is 11.1 Å². The minimum absolute atomic E-state index is 0.516. The molecular weight excluding hydrogens is 699 g/mol. The van der Waals surface area contributed by atoms with Gasteiger partial charge in [0, 0.05) is 17.1 Å². The molecule has 0 spiro atoms. The van der Waals surface area contributed by atoms with Gasteiger partial charge < -0.3 is 4.90 Å². The first-order valence-corrected chi connectivity index (χ1v) is 20.2. The molecule has 0 radical (unpaired) electrons. The Bertz CT molecular complexity index is 2720. The molecule has 276 valence electrons. The average molecular weight is 742 g/mol. The Morgan fingerprint density at radius 2 is 0.724 bits per heavy atom. The molecule has 9 aromatic carbocycles. The van der Waals surface area contributed by atoms with Gasteiger partial charge in [0.2, 0.25) is 0 Å². The monoisotopic (exact) mass is 741 g/mol. The van der Waals surface area contributed by atoms with Crippen LogP contribution in [0, 0.1) is 6.92 Å². The lowest BCUT2D eigenvalue weighted by Gasteiger charge is -2.39. The fourth-order valence-electron chi connectivity index (χ4n) is 9.63. The van der Waals surface area contributed by atoms with E-state index in [1.54, 1.807) is 0 Å². The predicted molar refractivity (Wildman–Crippen MR) is 241 cm³/mol. The summed E-state index contributed by atoms with van der Waals surface area (Å²) in [6, 6.07) is 89.4. The van der Waals surface area contributed by atoms with Crippen molar-refractivity contribution in [2.75, 3.05) is 4.90 Å². The van der Waals surface area contributed by atoms with E-state index in [0.29, 0.717) is 0 Å². The van der Waals surface area contributed by atoms with Gasteiger partial charge in [0.25, 0.3) is 0 Å². The molecule has 0 fully saturated rings. The van der Waals surface area contributed by atoms with Crippen molar-refractivity contribution in [1.82, 2.24) is 0 Å². The van der Waals surface area contributed by atoms with Gasteiger partial charge in [0.1, 0.15) is 0 Å². The Kier molecular flexibility index (Phi) is 8.92. The molecule has 0 heterocycles. The maximum atomic E-state index is 2.53. The van der Waals surface area contributed by atoms with E-state index >= 15 is 0 Å². The SMILES string of the molecule is Cc1ccc(N(c2ccccc2)c2ccc(C(c3ccccc3)(c3ccccc3)c3ccc4c(c3)C(c3ccccc3)(c3ccccc3)c3ccccc3-4)cc2)cc1. The number of hydrogen-bond acceptors (Lipinski definition) is 1. The zero-order valence-electron chi connectivity index (χ0n) is 32.5. The first-order valence-electron chi connectivity index (χ1n) is 20.2. The number of rotatable bonds is 9. The molecule has 1 aliphatic carbocycles. The van der Waals surface area contributed by atoms with Crippen molar-refractivity contribution in [3.63, 3.8) is 0 Å². The standard InChI is InChI=1S/C57H43N/c1-42-31-36-50(37-32-42)58(49-27-15-6-16-28-49)51-38-33-47(34-39-51)56(43-19-7-2-8-20-43,44-21-9-3-10-22-44)48-35-40-53-52-29-17-18-30-54(52)57(55(53)41-48,45-23-11-4-12-24-45)46-25-13-5-14-26-46/h2-41H,1H3. The van der Waals surface area contributed by atoms with Gasteiger partial charge in [-0.05, 0) is 99.0 Å². The van der Waals surface area contributed by atoms with Crippen LogP contribution in [0.15, 0.2) is 243 Å². The van der Waals surface area contributed by atoms with Gasteiger partial charge in [-0.2, -0.15) is 0 Å². The Morgan fingerprint density at radius 1 is 0.328 bits per heavy atom. The summed E-state index contributed by atoms with van der Waals surface area (Å²) >= 11 is 0. The molecule has 1 nitrogen and oxygen atoms in total. The molecule has 0 aromatic heterocycles. The van der Waals surface area contributed by atoms with E-state index in [0.717, 1.165) is 17.1 Å². The summed E-state index contributed by atoms with van der Waals surface area (Å²) in [4.78, 5) is 2.34. The van der Waals surface area contributed by atoms with E-state index in [4.69, 9.17) is 0 Å².